The van der Waals surface area contributed by atoms with Crippen molar-refractivity contribution in [2.75, 3.05) is 23.3 Å². The van der Waals surface area contributed by atoms with E-state index in [0.717, 1.165) is 13.0 Å². The molecule has 2 heterocycles. The molecule has 1 atom stereocenters. The van der Waals surface area contributed by atoms with Crippen LogP contribution in [0.2, 0.25) is 5.02 Å². The van der Waals surface area contributed by atoms with Gasteiger partial charge >= 0.3 is 6.03 Å². The first-order chi connectivity index (χ1) is 13.2. The van der Waals surface area contributed by atoms with E-state index < -0.39 is 0 Å². The van der Waals surface area contributed by atoms with Gasteiger partial charge in [0.05, 0.1) is 6.04 Å². The summed E-state index contributed by atoms with van der Waals surface area (Å²) in [7, 11) is 0. The number of amides is 2. The number of para-hydroxylation sites is 1. The van der Waals surface area contributed by atoms with Crippen LogP contribution in [0.15, 0.2) is 66.0 Å². The molecule has 2 N–H and O–H groups in total. The van der Waals surface area contributed by atoms with E-state index in [1.165, 1.54) is 16.1 Å². The number of carbonyl (C=O) groups is 1. The number of urea groups is 1. The standard InChI is InChI=1S/C21H20ClN3OS/c22-16-6-3-7-17(13-16)24-21(26)23-14-19(20-9-4-12-27-20)25-11-10-15-5-1-2-8-18(15)25/h1-9,12-13,19H,10-11,14H2,(H2,23,24,26)/t19-/m1/s1. The highest BCUT2D eigenvalue weighted by atomic mass is 35.5. The molecule has 138 valence electrons. The maximum absolute atomic E-state index is 12.4. The van der Waals surface area contributed by atoms with Crippen LogP contribution in [0.25, 0.3) is 0 Å². The first kappa shape index (κ1) is 17.9. The van der Waals surface area contributed by atoms with Gasteiger partial charge in [-0.2, -0.15) is 0 Å². The van der Waals surface area contributed by atoms with Gasteiger partial charge in [0.1, 0.15) is 0 Å². The van der Waals surface area contributed by atoms with E-state index >= 15 is 0 Å². The molecule has 0 bridgehead atoms. The van der Waals surface area contributed by atoms with Crippen molar-refractivity contribution in [3.05, 3.63) is 81.5 Å². The molecule has 0 spiro atoms. The minimum absolute atomic E-state index is 0.110. The molecule has 3 aromatic rings. The van der Waals surface area contributed by atoms with Gasteiger partial charge in [-0.15, -0.1) is 11.3 Å². The van der Waals surface area contributed by atoms with E-state index in [1.54, 1.807) is 23.5 Å². The molecule has 4 rings (SSSR count). The summed E-state index contributed by atoms with van der Waals surface area (Å²) in [4.78, 5) is 16.0. The van der Waals surface area contributed by atoms with Gasteiger partial charge in [-0.05, 0) is 47.7 Å². The van der Waals surface area contributed by atoms with Crippen LogP contribution >= 0.6 is 22.9 Å². The van der Waals surface area contributed by atoms with Gasteiger partial charge in [-0.3, -0.25) is 0 Å². The second-order valence-corrected chi connectivity index (χ2v) is 7.86. The van der Waals surface area contributed by atoms with Crippen molar-refractivity contribution in [2.24, 2.45) is 0 Å². The number of thiophene rings is 1. The molecule has 0 saturated heterocycles. The van der Waals surface area contributed by atoms with Crippen LogP contribution in [0.4, 0.5) is 16.2 Å². The summed E-state index contributed by atoms with van der Waals surface area (Å²) in [5.41, 5.74) is 3.30. The van der Waals surface area contributed by atoms with Gasteiger partial charge in [0, 0.05) is 34.4 Å². The second-order valence-electron chi connectivity index (χ2n) is 6.45. The molecule has 6 heteroatoms. The molecule has 0 saturated carbocycles. The maximum Gasteiger partial charge on any atom is 0.319 e. The zero-order chi connectivity index (χ0) is 18.6. The second kappa shape index (κ2) is 8.03. The summed E-state index contributed by atoms with van der Waals surface area (Å²) in [6.07, 6.45) is 1.03. The Morgan fingerprint density at radius 3 is 2.85 bits per heavy atom. The molecule has 2 amide bonds. The van der Waals surface area contributed by atoms with Crippen molar-refractivity contribution in [2.45, 2.75) is 12.5 Å². The fourth-order valence-corrected chi connectivity index (χ4v) is 4.49. The lowest BCUT2D eigenvalue weighted by atomic mass is 10.1. The monoisotopic (exact) mass is 397 g/mol. The van der Waals surface area contributed by atoms with E-state index in [-0.39, 0.29) is 12.1 Å². The highest BCUT2D eigenvalue weighted by molar-refractivity contribution is 7.10. The van der Waals surface area contributed by atoms with Crippen LogP contribution < -0.4 is 15.5 Å². The van der Waals surface area contributed by atoms with Gasteiger partial charge in [0.25, 0.3) is 0 Å². The minimum atomic E-state index is -0.230. The van der Waals surface area contributed by atoms with Crippen molar-refractivity contribution < 1.29 is 4.79 Å². The van der Waals surface area contributed by atoms with Crippen molar-refractivity contribution >= 4 is 40.3 Å². The number of halogens is 1. The number of fused-ring (bicyclic) bond motifs is 1. The Morgan fingerprint density at radius 2 is 2.04 bits per heavy atom. The normalized spacial score (nSPS) is 13.9. The van der Waals surface area contributed by atoms with Crippen LogP contribution in [-0.4, -0.2) is 19.1 Å². The summed E-state index contributed by atoms with van der Waals surface area (Å²) in [5, 5.41) is 8.54. The van der Waals surface area contributed by atoms with Crippen LogP contribution in [-0.2, 0) is 6.42 Å². The van der Waals surface area contributed by atoms with Crippen molar-refractivity contribution in [1.29, 1.82) is 0 Å². The summed E-state index contributed by atoms with van der Waals surface area (Å²) in [6.45, 7) is 1.49. The predicted octanol–water partition coefficient (Wildman–Crippen LogP) is 5.33. The van der Waals surface area contributed by atoms with Gasteiger partial charge in [-0.1, -0.05) is 41.9 Å². The molecular weight excluding hydrogens is 378 g/mol. The summed E-state index contributed by atoms with van der Waals surface area (Å²) in [5.74, 6) is 0. The Kier molecular flexibility index (Phi) is 5.32. The smallest absolute Gasteiger partial charge is 0.319 e. The predicted molar refractivity (Wildman–Crippen MR) is 113 cm³/mol. The SMILES string of the molecule is O=C(NC[C@H](c1cccs1)N1CCc2ccccc21)Nc1cccc(Cl)c1. The van der Waals surface area contributed by atoms with E-state index in [0.29, 0.717) is 17.3 Å². The molecule has 1 aromatic heterocycles. The molecule has 27 heavy (non-hydrogen) atoms. The minimum Gasteiger partial charge on any atom is -0.361 e. The third kappa shape index (κ3) is 4.10. The van der Waals surface area contributed by atoms with Crippen molar-refractivity contribution in [3.8, 4) is 0 Å². The van der Waals surface area contributed by atoms with E-state index in [2.05, 4.69) is 57.3 Å². The van der Waals surface area contributed by atoms with Crippen LogP contribution in [0, 0.1) is 0 Å². The first-order valence-corrected chi connectivity index (χ1v) is 10.1. The quantitative estimate of drug-likeness (QED) is 0.611. The number of anilines is 2. The van der Waals surface area contributed by atoms with Crippen molar-refractivity contribution in [1.82, 2.24) is 5.32 Å². The van der Waals surface area contributed by atoms with Crippen LogP contribution in [0.5, 0.6) is 0 Å². The third-order valence-electron chi connectivity index (χ3n) is 4.71. The van der Waals surface area contributed by atoms with Gasteiger partial charge < -0.3 is 15.5 Å². The lowest BCUT2D eigenvalue weighted by Crippen LogP contribution is -2.38. The van der Waals surface area contributed by atoms with Gasteiger partial charge in [0.15, 0.2) is 0 Å². The lowest BCUT2D eigenvalue weighted by molar-refractivity contribution is 0.251. The lowest BCUT2D eigenvalue weighted by Gasteiger charge is -2.30. The zero-order valence-electron chi connectivity index (χ0n) is 14.7. The van der Waals surface area contributed by atoms with Crippen LogP contribution in [0.3, 0.4) is 0 Å². The molecule has 2 aromatic carbocycles. The molecule has 0 fully saturated rings. The molecule has 0 aliphatic carbocycles. The fraction of sp³-hybridized carbons (Fsp3) is 0.190. The Morgan fingerprint density at radius 1 is 1.15 bits per heavy atom. The van der Waals surface area contributed by atoms with Gasteiger partial charge in [0.2, 0.25) is 0 Å². The number of benzene rings is 2. The molecule has 1 aliphatic heterocycles. The molecule has 1 aliphatic rings. The summed E-state index contributed by atoms with van der Waals surface area (Å²) < 4.78 is 0. The molecule has 4 nitrogen and oxygen atoms in total. The Bertz CT molecular complexity index is 929. The highest BCUT2D eigenvalue weighted by Gasteiger charge is 2.28. The van der Waals surface area contributed by atoms with Crippen LogP contribution in [0.1, 0.15) is 16.5 Å². The number of hydrogen-bond donors (Lipinski definition) is 2. The number of nitrogens with one attached hydrogen (secondary N) is 2. The van der Waals surface area contributed by atoms with Crippen molar-refractivity contribution in [3.63, 3.8) is 0 Å². The molecular formula is C21H20ClN3OS. The maximum atomic E-state index is 12.4. The average molecular weight is 398 g/mol. The highest BCUT2D eigenvalue weighted by Crippen LogP contribution is 2.36. The average Bonchev–Trinajstić information content (AvgIpc) is 3.33. The first-order valence-electron chi connectivity index (χ1n) is 8.89. The topological polar surface area (TPSA) is 44.4 Å². The van der Waals surface area contributed by atoms with E-state index in [9.17, 15) is 4.79 Å². The Labute approximate surface area is 167 Å². The van der Waals surface area contributed by atoms with E-state index in [4.69, 9.17) is 11.6 Å². The number of hydrogen-bond acceptors (Lipinski definition) is 3. The number of carbonyl (C=O) groups excluding carboxylic acids is 1. The number of nitrogens with zero attached hydrogens (tertiary/aromatic N) is 1. The zero-order valence-corrected chi connectivity index (χ0v) is 16.3. The van der Waals surface area contributed by atoms with Gasteiger partial charge in [-0.25, -0.2) is 4.79 Å². The van der Waals surface area contributed by atoms with E-state index in [1.807, 2.05) is 12.1 Å². The molecule has 0 radical (unpaired) electrons. The Balaban J connectivity index is 1.47. The summed E-state index contributed by atoms with van der Waals surface area (Å²) in [6, 6.07) is 19.7. The fourth-order valence-electron chi connectivity index (χ4n) is 3.46. The third-order valence-corrected chi connectivity index (χ3v) is 5.92. The number of rotatable bonds is 5. The largest absolute Gasteiger partial charge is 0.361 e. The Hall–Kier alpha value is -2.50. The summed E-state index contributed by atoms with van der Waals surface area (Å²) >= 11 is 7.70. The molecule has 0 unspecified atom stereocenters.